The molecule has 0 amide bonds. The molecule has 3 N–H and O–H groups in total. The number of nitrogens with two attached hydrogens (primary N) is 1. The number of hydrogen-bond donors (Lipinski definition) is 2. The predicted octanol–water partition coefficient (Wildman–Crippen LogP) is 1.60. The SMILES string of the molecule is CCC1CCN(CCCCC(C)(O)CN)C1. The lowest BCUT2D eigenvalue weighted by molar-refractivity contribution is 0.0565. The molecular formula is C13H28N2O. The minimum Gasteiger partial charge on any atom is -0.389 e. The Balaban J connectivity index is 2.04. The van der Waals surface area contributed by atoms with Crippen LogP contribution in [-0.4, -0.2) is 41.8 Å². The van der Waals surface area contributed by atoms with Crippen LogP contribution in [0.5, 0.6) is 0 Å². The first-order valence-electron chi connectivity index (χ1n) is 6.72. The molecule has 2 unspecified atom stereocenters. The minimum atomic E-state index is -0.656. The summed E-state index contributed by atoms with van der Waals surface area (Å²) in [5.41, 5.74) is 4.83. The molecule has 1 saturated heterocycles. The standard InChI is InChI=1S/C13H28N2O/c1-3-12-6-9-15(10-12)8-5-4-7-13(2,16)11-14/h12,16H,3-11,14H2,1-2H3. The van der Waals surface area contributed by atoms with E-state index >= 15 is 0 Å². The molecule has 1 aliphatic rings. The fourth-order valence-electron chi connectivity index (χ4n) is 2.39. The zero-order valence-corrected chi connectivity index (χ0v) is 10.9. The molecular weight excluding hydrogens is 200 g/mol. The summed E-state index contributed by atoms with van der Waals surface area (Å²) in [6, 6.07) is 0. The molecule has 3 heteroatoms. The molecule has 0 radical (unpaired) electrons. The molecule has 3 nitrogen and oxygen atoms in total. The van der Waals surface area contributed by atoms with Crippen LogP contribution in [-0.2, 0) is 0 Å². The molecule has 0 aromatic heterocycles. The van der Waals surface area contributed by atoms with Gasteiger partial charge in [-0.05, 0) is 51.6 Å². The van der Waals surface area contributed by atoms with Gasteiger partial charge in [-0.1, -0.05) is 13.3 Å². The molecule has 0 bridgehead atoms. The molecule has 96 valence electrons. The zero-order valence-electron chi connectivity index (χ0n) is 10.9. The third-order valence-corrected chi connectivity index (χ3v) is 3.83. The first kappa shape index (κ1) is 13.9. The lowest BCUT2D eigenvalue weighted by atomic mass is 9.99. The smallest absolute Gasteiger partial charge is 0.0741 e. The minimum absolute atomic E-state index is 0.370. The van der Waals surface area contributed by atoms with Gasteiger partial charge in [-0.25, -0.2) is 0 Å². The van der Waals surface area contributed by atoms with Crippen molar-refractivity contribution in [2.24, 2.45) is 11.7 Å². The van der Waals surface area contributed by atoms with Crippen LogP contribution < -0.4 is 5.73 Å². The Bertz CT molecular complexity index is 194. The number of likely N-dealkylation sites (tertiary alicyclic amines) is 1. The summed E-state index contributed by atoms with van der Waals surface area (Å²) in [6.07, 6.45) is 5.79. The monoisotopic (exact) mass is 228 g/mol. The van der Waals surface area contributed by atoms with Gasteiger partial charge in [0.25, 0.3) is 0 Å². The molecule has 16 heavy (non-hydrogen) atoms. The molecule has 1 aliphatic heterocycles. The summed E-state index contributed by atoms with van der Waals surface area (Å²) in [7, 11) is 0. The molecule has 0 spiro atoms. The Labute approximate surface area is 100 Å². The van der Waals surface area contributed by atoms with Crippen molar-refractivity contribution in [3.05, 3.63) is 0 Å². The van der Waals surface area contributed by atoms with Gasteiger partial charge in [-0.15, -0.1) is 0 Å². The van der Waals surface area contributed by atoms with Gasteiger partial charge in [-0.3, -0.25) is 0 Å². The van der Waals surface area contributed by atoms with Crippen molar-refractivity contribution in [1.29, 1.82) is 0 Å². The molecule has 1 heterocycles. The highest BCUT2D eigenvalue weighted by molar-refractivity contribution is 4.76. The van der Waals surface area contributed by atoms with E-state index in [4.69, 9.17) is 5.73 Å². The maximum atomic E-state index is 9.76. The highest BCUT2D eigenvalue weighted by Crippen LogP contribution is 2.20. The van der Waals surface area contributed by atoms with E-state index in [9.17, 15) is 5.11 Å². The van der Waals surface area contributed by atoms with Crippen LogP contribution >= 0.6 is 0 Å². The van der Waals surface area contributed by atoms with Gasteiger partial charge in [-0.2, -0.15) is 0 Å². The average Bonchev–Trinajstić information content (AvgIpc) is 2.72. The van der Waals surface area contributed by atoms with Crippen molar-refractivity contribution in [3.8, 4) is 0 Å². The average molecular weight is 228 g/mol. The summed E-state index contributed by atoms with van der Waals surface area (Å²) in [5.74, 6) is 0.923. The summed E-state index contributed by atoms with van der Waals surface area (Å²) in [4.78, 5) is 2.56. The molecule has 0 aliphatic carbocycles. The second kappa shape index (κ2) is 6.58. The number of rotatable bonds is 7. The van der Waals surface area contributed by atoms with Crippen LogP contribution in [0.25, 0.3) is 0 Å². The van der Waals surface area contributed by atoms with Crippen LogP contribution in [0, 0.1) is 5.92 Å². The fourth-order valence-corrected chi connectivity index (χ4v) is 2.39. The second-order valence-corrected chi connectivity index (χ2v) is 5.52. The topological polar surface area (TPSA) is 49.5 Å². The lowest BCUT2D eigenvalue weighted by Gasteiger charge is -2.21. The summed E-state index contributed by atoms with van der Waals surface area (Å²) in [5, 5.41) is 9.76. The molecule has 2 atom stereocenters. The van der Waals surface area contributed by atoms with Crippen LogP contribution in [0.2, 0.25) is 0 Å². The first-order valence-corrected chi connectivity index (χ1v) is 6.72. The van der Waals surface area contributed by atoms with Gasteiger partial charge >= 0.3 is 0 Å². The van der Waals surface area contributed by atoms with Crippen LogP contribution in [0.3, 0.4) is 0 Å². The Morgan fingerprint density at radius 3 is 2.75 bits per heavy atom. The van der Waals surface area contributed by atoms with Gasteiger partial charge in [0.2, 0.25) is 0 Å². The lowest BCUT2D eigenvalue weighted by Crippen LogP contribution is -2.34. The zero-order chi connectivity index (χ0) is 12.0. The maximum absolute atomic E-state index is 9.76. The van der Waals surface area contributed by atoms with E-state index in [-0.39, 0.29) is 0 Å². The molecule has 1 fully saturated rings. The van der Waals surface area contributed by atoms with Crippen LogP contribution in [0.15, 0.2) is 0 Å². The molecule has 0 aromatic rings. The van der Waals surface area contributed by atoms with Gasteiger partial charge in [0.1, 0.15) is 0 Å². The van der Waals surface area contributed by atoms with Crippen LogP contribution in [0.1, 0.15) is 46.0 Å². The van der Waals surface area contributed by atoms with Crippen LogP contribution in [0.4, 0.5) is 0 Å². The largest absolute Gasteiger partial charge is 0.389 e. The third kappa shape index (κ3) is 4.81. The Morgan fingerprint density at radius 2 is 2.19 bits per heavy atom. The molecule has 0 saturated carbocycles. The normalized spacial score (nSPS) is 25.9. The van der Waals surface area contributed by atoms with E-state index in [2.05, 4.69) is 11.8 Å². The third-order valence-electron chi connectivity index (χ3n) is 3.83. The van der Waals surface area contributed by atoms with Crippen molar-refractivity contribution in [3.63, 3.8) is 0 Å². The number of hydrogen-bond acceptors (Lipinski definition) is 3. The van der Waals surface area contributed by atoms with Gasteiger partial charge in [0, 0.05) is 13.1 Å². The Hall–Kier alpha value is -0.120. The van der Waals surface area contributed by atoms with Crippen molar-refractivity contribution in [2.75, 3.05) is 26.2 Å². The highest BCUT2D eigenvalue weighted by atomic mass is 16.3. The number of unbranched alkanes of at least 4 members (excludes halogenated alkanes) is 1. The fraction of sp³-hybridized carbons (Fsp3) is 1.00. The highest BCUT2D eigenvalue weighted by Gasteiger charge is 2.21. The number of nitrogens with zero attached hydrogens (tertiary/aromatic N) is 1. The summed E-state index contributed by atoms with van der Waals surface area (Å²) < 4.78 is 0. The maximum Gasteiger partial charge on any atom is 0.0741 e. The van der Waals surface area contributed by atoms with Crippen molar-refractivity contribution >= 4 is 0 Å². The Morgan fingerprint density at radius 1 is 1.44 bits per heavy atom. The summed E-state index contributed by atoms with van der Waals surface area (Å²) >= 11 is 0. The first-order chi connectivity index (χ1) is 7.57. The van der Waals surface area contributed by atoms with E-state index in [0.29, 0.717) is 6.54 Å². The molecule has 1 rings (SSSR count). The number of aliphatic hydroxyl groups is 1. The van der Waals surface area contributed by atoms with E-state index in [1.807, 2.05) is 6.92 Å². The predicted molar refractivity (Wildman–Crippen MR) is 68.4 cm³/mol. The molecule has 0 aromatic carbocycles. The van der Waals surface area contributed by atoms with Gasteiger partial charge in [0.05, 0.1) is 5.60 Å². The van der Waals surface area contributed by atoms with Gasteiger partial charge in [0.15, 0.2) is 0 Å². The van der Waals surface area contributed by atoms with E-state index < -0.39 is 5.60 Å². The quantitative estimate of drug-likeness (QED) is 0.651. The van der Waals surface area contributed by atoms with Gasteiger partial charge < -0.3 is 15.7 Å². The van der Waals surface area contributed by atoms with E-state index in [1.165, 1.54) is 38.9 Å². The van der Waals surface area contributed by atoms with Crippen molar-refractivity contribution in [1.82, 2.24) is 4.90 Å². The van der Waals surface area contributed by atoms with E-state index in [0.717, 1.165) is 18.8 Å². The second-order valence-electron chi connectivity index (χ2n) is 5.52. The van der Waals surface area contributed by atoms with Crippen molar-refractivity contribution in [2.45, 2.75) is 51.6 Å². The summed E-state index contributed by atoms with van der Waals surface area (Å²) in [6.45, 7) is 8.23. The Kier molecular flexibility index (Phi) is 5.73. The van der Waals surface area contributed by atoms with Crippen molar-refractivity contribution < 1.29 is 5.11 Å². The van der Waals surface area contributed by atoms with E-state index in [1.54, 1.807) is 0 Å².